The van der Waals surface area contributed by atoms with Gasteiger partial charge in [-0.2, -0.15) is 0 Å². The van der Waals surface area contributed by atoms with Crippen molar-refractivity contribution in [3.8, 4) is 0 Å². The Balaban J connectivity index is 1.84. The minimum absolute atomic E-state index is 0.256. The van der Waals surface area contributed by atoms with Crippen molar-refractivity contribution in [1.29, 1.82) is 0 Å². The van der Waals surface area contributed by atoms with Gasteiger partial charge in [-0.25, -0.2) is 0 Å². The third-order valence-electron chi connectivity index (χ3n) is 3.89. The van der Waals surface area contributed by atoms with Gasteiger partial charge in [0.2, 0.25) is 0 Å². The normalized spacial score (nSPS) is 13.1. The Hall–Kier alpha value is -1.71. The lowest BCUT2D eigenvalue weighted by Crippen LogP contribution is -2.19. The summed E-state index contributed by atoms with van der Waals surface area (Å²) in [5, 5.41) is 3.77. The van der Waals surface area contributed by atoms with Crippen LogP contribution in [-0.2, 0) is 6.42 Å². The lowest BCUT2D eigenvalue weighted by molar-refractivity contribution is 0.102. The Morgan fingerprint density at radius 3 is 2.82 bits per heavy atom. The van der Waals surface area contributed by atoms with Crippen molar-refractivity contribution in [2.24, 2.45) is 0 Å². The van der Waals surface area contributed by atoms with E-state index >= 15 is 0 Å². The van der Waals surface area contributed by atoms with Gasteiger partial charge < -0.3 is 10.2 Å². The minimum Gasteiger partial charge on any atom is -0.371 e. The molecule has 0 unspecified atom stereocenters. The molecule has 0 aliphatic carbocycles. The van der Waals surface area contributed by atoms with Crippen LogP contribution in [-0.4, -0.2) is 19.0 Å². The molecule has 1 aliphatic heterocycles. The van der Waals surface area contributed by atoms with E-state index in [0.29, 0.717) is 15.6 Å². The van der Waals surface area contributed by atoms with Gasteiger partial charge in [0, 0.05) is 29.5 Å². The molecule has 0 saturated carbocycles. The lowest BCUT2D eigenvalue weighted by Gasteiger charge is -2.17. The molecule has 0 atom stereocenters. The fourth-order valence-corrected chi connectivity index (χ4v) is 3.10. The van der Waals surface area contributed by atoms with Crippen LogP contribution in [0, 0.1) is 0 Å². The highest BCUT2D eigenvalue weighted by Crippen LogP contribution is 2.31. The van der Waals surface area contributed by atoms with Crippen LogP contribution in [0.1, 0.15) is 22.8 Å². The molecule has 3 rings (SSSR count). The van der Waals surface area contributed by atoms with Gasteiger partial charge in [-0.05, 0) is 49.2 Å². The summed E-state index contributed by atoms with van der Waals surface area (Å²) in [7, 11) is 0. The molecular formula is C17H16Cl2N2O. The van der Waals surface area contributed by atoms with Gasteiger partial charge in [0.15, 0.2) is 0 Å². The molecule has 0 fully saturated rings. The van der Waals surface area contributed by atoms with Crippen LogP contribution in [0.4, 0.5) is 11.4 Å². The third-order valence-corrected chi connectivity index (χ3v) is 4.45. The second-order valence-electron chi connectivity index (χ2n) is 5.25. The second kappa shape index (κ2) is 6.19. The van der Waals surface area contributed by atoms with Crippen molar-refractivity contribution >= 4 is 40.5 Å². The summed E-state index contributed by atoms with van der Waals surface area (Å²) in [5.41, 5.74) is 3.65. The number of carbonyl (C=O) groups is 1. The predicted molar refractivity (Wildman–Crippen MR) is 92.4 cm³/mol. The van der Waals surface area contributed by atoms with E-state index in [1.54, 1.807) is 18.2 Å². The van der Waals surface area contributed by atoms with E-state index in [-0.39, 0.29) is 5.91 Å². The fraction of sp³-hybridized carbons (Fsp3) is 0.235. The number of fused-ring (bicyclic) bond motifs is 1. The number of hydrogen-bond donors (Lipinski definition) is 1. The molecule has 1 N–H and O–H groups in total. The molecule has 2 aromatic rings. The van der Waals surface area contributed by atoms with E-state index in [1.165, 1.54) is 11.3 Å². The zero-order valence-electron chi connectivity index (χ0n) is 12.2. The Labute approximate surface area is 139 Å². The molecule has 0 saturated heterocycles. The van der Waals surface area contributed by atoms with Crippen LogP contribution < -0.4 is 10.2 Å². The molecule has 0 aromatic heterocycles. The van der Waals surface area contributed by atoms with Gasteiger partial charge in [0.05, 0.1) is 10.6 Å². The SMILES string of the molecule is CCN1CCc2ccc(NC(=O)c3cc(Cl)ccc3Cl)cc21. The molecule has 0 radical (unpaired) electrons. The van der Waals surface area contributed by atoms with Gasteiger partial charge in [0.1, 0.15) is 0 Å². The Kier molecular flexibility index (Phi) is 4.27. The number of halogens is 2. The summed E-state index contributed by atoms with van der Waals surface area (Å²) in [6.45, 7) is 4.12. The topological polar surface area (TPSA) is 32.3 Å². The molecule has 1 heterocycles. The lowest BCUT2D eigenvalue weighted by atomic mass is 10.1. The first kappa shape index (κ1) is 15.2. The first-order chi connectivity index (χ1) is 10.6. The average molecular weight is 335 g/mol. The van der Waals surface area contributed by atoms with Crippen molar-refractivity contribution in [2.45, 2.75) is 13.3 Å². The highest BCUT2D eigenvalue weighted by atomic mass is 35.5. The van der Waals surface area contributed by atoms with Crippen LogP contribution in [0.25, 0.3) is 0 Å². The van der Waals surface area contributed by atoms with Gasteiger partial charge in [-0.1, -0.05) is 29.3 Å². The predicted octanol–water partition coefficient (Wildman–Crippen LogP) is 4.63. The van der Waals surface area contributed by atoms with Crippen molar-refractivity contribution < 1.29 is 4.79 Å². The molecule has 1 amide bonds. The van der Waals surface area contributed by atoms with E-state index in [4.69, 9.17) is 23.2 Å². The summed E-state index contributed by atoms with van der Waals surface area (Å²) in [4.78, 5) is 14.7. The van der Waals surface area contributed by atoms with E-state index in [1.807, 2.05) is 12.1 Å². The monoisotopic (exact) mass is 334 g/mol. The van der Waals surface area contributed by atoms with E-state index in [9.17, 15) is 4.79 Å². The average Bonchev–Trinajstić information content (AvgIpc) is 2.92. The number of nitrogens with zero attached hydrogens (tertiary/aromatic N) is 1. The maximum absolute atomic E-state index is 12.4. The maximum Gasteiger partial charge on any atom is 0.257 e. The van der Waals surface area contributed by atoms with Crippen LogP contribution in [0.3, 0.4) is 0 Å². The standard InChI is InChI=1S/C17H16Cl2N2O/c1-2-21-8-7-11-3-5-13(10-16(11)21)20-17(22)14-9-12(18)4-6-15(14)19/h3-6,9-10H,2,7-8H2,1H3,(H,20,22). The summed E-state index contributed by atoms with van der Waals surface area (Å²) < 4.78 is 0. The van der Waals surface area contributed by atoms with E-state index < -0.39 is 0 Å². The number of benzene rings is 2. The van der Waals surface area contributed by atoms with Gasteiger partial charge in [0.25, 0.3) is 5.91 Å². The number of nitrogens with one attached hydrogen (secondary N) is 1. The number of anilines is 2. The Morgan fingerprint density at radius 1 is 1.23 bits per heavy atom. The molecular weight excluding hydrogens is 319 g/mol. The molecule has 2 aromatic carbocycles. The summed E-state index contributed by atoms with van der Waals surface area (Å²) in [5.74, 6) is -0.256. The Morgan fingerprint density at radius 2 is 2.05 bits per heavy atom. The zero-order chi connectivity index (χ0) is 15.7. The molecule has 3 nitrogen and oxygen atoms in total. The summed E-state index contributed by atoms with van der Waals surface area (Å²) >= 11 is 12.0. The van der Waals surface area contributed by atoms with Crippen molar-refractivity contribution in [2.75, 3.05) is 23.3 Å². The van der Waals surface area contributed by atoms with Crippen molar-refractivity contribution in [3.05, 3.63) is 57.6 Å². The first-order valence-electron chi connectivity index (χ1n) is 7.22. The molecule has 114 valence electrons. The van der Waals surface area contributed by atoms with Crippen LogP contribution in [0.15, 0.2) is 36.4 Å². The van der Waals surface area contributed by atoms with Crippen LogP contribution in [0.2, 0.25) is 10.0 Å². The van der Waals surface area contributed by atoms with Gasteiger partial charge in [-0.3, -0.25) is 4.79 Å². The highest BCUT2D eigenvalue weighted by molar-refractivity contribution is 6.36. The Bertz CT molecular complexity index is 731. The second-order valence-corrected chi connectivity index (χ2v) is 6.10. The molecule has 0 spiro atoms. The number of likely N-dealkylation sites (N-methyl/N-ethyl adjacent to an activating group) is 1. The van der Waals surface area contributed by atoms with Crippen LogP contribution >= 0.6 is 23.2 Å². The maximum atomic E-state index is 12.4. The van der Waals surface area contributed by atoms with Gasteiger partial charge >= 0.3 is 0 Å². The molecule has 0 bridgehead atoms. The van der Waals surface area contributed by atoms with Crippen molar-refractivity contribution in [3.63, 3.8) is 0 Å². The largest absolute Gasteiger partial charge is 0.371 e. The first-order valence-corrected chi connectivity index (χ1v) is 7.98. The van der Waals surface area contributed by atoms with E-state index in [2.05, 4.69) is 23.2 Å². The smallest absolute Gasteiger partial charge is 0.257 e. The van der Waals surface area contributed by atoms with E-state index in [0.717, 1.165) is 25.2 Å². The quantitative estimate of drug-likeness (QED) is 0.887. The zero-order valence-corrected chi connectivity index (χ0v) is 13.7. The minimum atomic E-state index is -0.256. The number of amides is 1. The summed E-state index contributed by atoms with van der Waals surface area (Å²) in [6, 6.07) is 10.9. The molecule has 5 heteroatoms. The fourth-order valence-electron chi connectivity index (χ4n) is 2.72. The van der Waals surface area contributed by atoms with Crippen molar-refractivity contribution in [1.82, 2.24) is 0 Å². The molecule has 22 heavy (non-hydrogen) atoms. The number of rotatable bonds is 3. The summed E-state index contributed by atoms with van der Waals surface area (Å²) in [6.07, 6.45) is 1.05. The number of hydrogen-bond acceptors (Lipinski definition) is 2. The van der Waals surface area contributed by atoms with Gasteiger partial charge in [-0.15, -0.1) is 0 Å². The molecule has 1 aliphatic rings. The highest BCUT2D eigenvalue weighted by Gasteiger charge is 2.18. The third kappa shape index (κ3) is 2.92. The van der Waals surface area contributed by atoms with Crippen LogP contribution in [0.5, 0.6) is 0 Å². The number of carbonyl (C=O) groups excluding carboxylic acids is 1.